The molecule has 0 saturated carbocycles. The lowest BCUT2D eigenvalue weighted by atomic mass is 10.2. The van der Waals surface area contributed by atoms with Gasteiger partial charge in [-0.3, -0.25) is 21.6 Å². The van der Waals surface area contributed by atoms with Gasteiger partial charge in [0.05, 0.1) is 13.5 Å². The Morgan fingerprint density at radius 3 is 2.64 bits per heavy atom. The van der Waals surface area contributed by atoms with E-state index >= 15 is 0 Å². The summed E-state index contributed by atoms with van der Waals surface area (Å²) >= 11 is 3.96. The van der Waals surface area contributed by atoms with Crippen molar-refractivity contribution in [2.45, 2.75) is 19.3 Å². The number of carbonyl (C=O) groups is 2. The molecule has 0 aromatic heterocycles. The highest BCUT2D eigenvalue weighted by atomic mass is 32.1. The molecule has 22 heavy (non-hydrogen) atoms. The number of ether oxygens (including phenoxy) is 3. The third-order valence-electron chi connectivity index (χ3n) is 2.42. The zero-order chi connectivity index (χ0) is 16.5. The van der Waals surface area contributed by atoms with E-state index in [0.717, 1.165) is 0 Å². The maximum absolute atomic E-state index is 11.5. The summed E-state index contributed by atoms with van der Waals surface area (Å²) in [7, 11) is 1.44. The van der Waals surface area contributed by atoms with Crippen molar-refractivity contribution in [3.63, 3.8) is 0 Å². The topological polar surface area (TPSA) is 126 Å². The van der Waals surface area contributed by atoms with Gasteiger partial charge in [0.15, 0.2) is 11.5 Å². The van der Waals surface area contributed by atoms with E-state index in [1.54, 1.807) is 18.2 Å². The van der Waals surface area contributed by atoms with Gasteiger partial charge in [-0.15, -0.1) is 0 Å². The Hall–Kier alpha value is -1.97. The zero-order valence-electron chi connectivity index (χ0n) is 12.1. The van der Waals surface area contributed by atoms with E-state index in [9.17, 15) is 9.59 Å². The second-order valence-corrected chi connectivity index (χ2v) is 4.63. The first-order chi connectivity index (χ1) is 10.5. The largest absolute Gasteiger partial charge is 0.493 e. The summed E-state index contributed by atoms with van der Waals surface area (Å²) in [6.07, 6.45) is -1.54. The summed E-state index contributed by atoms with van der Waals surface area (Å²) in [6, 6.07) is 4.79. The molecule has 1 amide bonds. The van der Waals surface area contributed by atoms with Crippen LogP contribution in [0.5, 0.6) is 11.5 Å². The van der Waals surface area contributed by atoms with Crippen molar-refractivity contribution in [2.75, 3.05) is 12.9 Å². The zero-order valence-corrected chi connectivity index (χ0v) is 13.0. The number of esters is 1. The molecule has 122 valence electrons. The Labute approximate surface area is 133 Å². The van der Waals surface area contributed by atoms with Crippen molar-refractivity contribution in [3.05, 3.63) is 23.8 Å². The molecule has 9 heteroatoms. The van der Waals surface area contributed by atoms with E-state index in [0.29, 0.717) is 17.1 Å². The van der Waals surface area contributed by atoms with Gasteiger partial charge < -0.3 is 14.2 Å². The van der Waals surface area contributed by atoms with Gasteiger partial charge in [-0.2, -0.15) is 12.6 Å². The summed E-state index contributed by atoms with van der Waals surface area (Å²) < 4.78 is 15.2. The van der Waals surface area contributed by atoms with Gasteiger partial charge in [0, 0.05) is 5.75 Å². The summed E-state index contributed by atoms with van der Waals surface area (Å²) in [6.45, 7) is -0.0141. The fourth-order valence-corrected chi connectivity index (χ4v) is 1.66. The fraction of sp³-hybridized carbons (Fsp3) is 0.385. The second kappa shape index (κ2) is 9.13. The Morgan fingerprint density at radius 2 is 2.05 bits per heavy atom. The van der Waals surface area contributed by atoms with Crippen LogP contribution in [-0.4, -0.2) is 31.2 Å². The molecule has 0 atom stereocenters. The van der Waals surface area contributed by atoms with Crippen molar-refractivity contribution in [1.29, 1.82) is 0 Å². The van der Waals surface area contributed by atoms with Crippen LogP contribution in [0.1, 0.15) is 12.0 Å². The van der Waals surface area contributed by atoms with E-state index < -0.39 is 18.4 Å². The molecule has 0 saturated heterocycles. The molecule has 1 aromatic rings. The molecule has 1 rings (SSSR count). The molecule has 1 aromatic carbocycles. The average Bonchev–Trinajstić information content (AvgIpc) is 2.45. The lowest BCUT2D eigenvalue weighted by molar-refractivity contribution is -0.134. The first kappa shape index (κ1) is 18.1. The molecule has 0 aliphatic rings. The number of nitrogens with one attached hydrogen (secondary N) is 1. The third-order valence-corrected chi connectivity index (χ3v) is 2.65. The van der Waals surface area contributed by atoms with Crippen LogP contribution in [0.2, 0.25) is 0 Å². The molecule has 0 unspecified atom stereocenters. The predicted molar refractivity (Wildman–Crippen MR) is 82.6 cm³/mol. The highest BCUT2D eigenvalue weighted by Gasteiger charge is 2.11. The number of hydrogen-bond acceptors (Lipinski definition) is 8. The number of rotatable bonds is 7. The number of thiol groups is 1. The van der Waals surface area contributed by atoms with E-state index in [2.05, 4.69) is 17.9 Å². The number of benzene rings is 1. The van der Waals surface area contributed by atoms with Crippen molar-refractivity contribution >= 4 is 24.7 Å². The standard InChI is InChI=1S/C13H19N3O5S/c1-19-10-6-8(7-20-13(18)16-12(14)15)2-3-9(10)21-11(17)4-5-22/h2-3,6,12,22H,4-5,7,14-15H2,1H3,(H,16,18). The molecule has 0 fully saturated rings. The average molecular weight is 329 g/mol. The SMILES string of the molecule is COc1cc(COC(=O)NC(N)N)ccc1OC(=O)CCS. The summed E-state index contributed by atoms with van der Waals surface area (Å²) in [5, 5.41) is 2.18. The summed E-state index contributed by atoms with van der Waals surface area (Å²) in [5.74, 6) is 0.621. The first-order valence-electron chi connectivity index (χ1n) is 6.39. The Balaban J connectivity index is 2.67. The molecule has 0 radical (unpaired) electrons. The molecule has 0 aliphatic carbocycles. The van der Waals surface area contributed by atoms with Gasteiger partial charge in [0.1, 0.15) is 12.9 Å². The van der Waals surface area contributed by atoms with Gasteiger partial charge in [-0.25, -0.2) is 4.79 Å². The molecule has 8 nitrogen and oxygen atoms in total. The number of alkyl carbamates (subject to hydrolysis) is 1. The van der Waals surface area contributed by atoms with Crippen molar-refractivity contribution in [3.8, 4) is 11.5 Å². The summed E-state index contributed by atoms with van der Waals surface area (Å²) in [4.78, 5) is 22.7. The molecular formula is C13H19N3O5S. The lowest BCUT2D eigenvalue weighted by Gasteiger charge is -2.12. The van der Waals surface area contributed by atoms with E-state index in [4.69, 9.17) is 25.7 Å². The van der Waals surface area contributed by atoms with Gasteiger partial charge in [0.25, 0.3) is 0 Å². The molecule has 0 spiro atoms. The minimum atomic E-state index is -0.990. The molecule has 5 N–H and O–H groups in total. The van der Waals surface area contributed by atoms with E-state index in [1.807, 2.05) is 0 Å². The maximum atomic E-state index is 11.5. The van der Waals surface area contributed by atoms with Gasteiger partial charge in [-0.1, -0.05) is 6.07 Å². The van der Waals surface area contributed by atoms with E-state index in [-0.39, 0.29) is 18.8 Å². The Kier molecular flexibility index (Phi) is 7.50. The smallest absolute Gasteiger partial charge is 0.409 e. The highest BCUT2D eigenvalue weighted by Crippen LogP contribution is 2.28. The number of carbonyl (C=O) groups excluding carboxylic acids is 2. The van der Waals surface area contributed by atoms with Gasteiger partial charge in [0.2, 0.25) is 0 Å². The number of amides is 1. The molecular weight excluding hydrogens is 310 g/mol. The van der Waals surface area contributed by atoms with Gasteiger partial charge in [-0.05, 0) is 17.7 Å². The van der Waals surface area contributed by atoms with Crippen LogP contribution in [-0.2, 0) is 16.1 Å². The fourth-order valence-electron chi connectivity index (χ4n) is 1.48. The quantitative estimate of drug-likeness (QED) is 0.246. The molecule has 0 aliphatic heterocycles. The lowest BCUT2D eigenvalue weighted by Crippen LogP contribution is -2.48. The maximum Gasteiger partial charge on any atom is 0.409 e. The van der Waals surface area contributed by atoms with Crippen LogP contribution in [0.4, 0.5) is 4.79 Å². The van der Waals surface area contributed by atoms with Crippen LogP contribution < -0.4 is 26.3 Å². The minimum absolute atomic E-state index is 0.0141. The summed E-state index contributed by atoms with van der Waals surface area (Å²) in [5.41, 5.74) is 11.0. The van der Waals surface area contributed by atoms with Crippen LogP contribution in [0.3, 0.4) is 0 Å². The van der Waals surface area contributed by atoms with E-state index in [1.165, 1.54) is 7.11 Å². The third kappa shape index (κ3) is 6.20. The molecule has 0 bridgehead atoms. The van der Waals surface area contributed by atoms with Crippen molar-refractivity contribution < 1.29 is 23.8 Å². The van der Waals surface area contributed by atoms with Gasteiger partial charge >= 0.3 is 12.1 Å². The van der Waals surface area contributed by atoms with Crippen molar-refractivity contribution in [1.82, 2.24) is 5.32 Å². The van der Waals surface area contributed by atoms with Crippen LogP contribution in [0.25, 0.3) is 0 Å². The van der Waals surface area contributed by atoms with Crippen LogP contribution >= 0.6 is 12.6 Å². The monoisotopic (exact) mass is 329 g/mol. The second-order valence-electron chi connectivity index (χ2n) is 4.18. The minimum Gasteiger partial charge on any atom is -0.493 e. The van der Waals surface area contributed by atoms with Crippen molar-refractivity contribution in [2.24, 2.45) is 11.5 Å². The first-order valence-corrected chi connectivity index (χ1v) is 7.02. The van der Waals surface area contributed by atoms with Crippen LogP contribution in [0.15, 0.2) is 18.2 Å². The predicted octanol–water partition coefficient (Wildman–Crippen LogP) is 0.348. The number of hydrogen-bond donors (Lipinski definition) is 4. The highest BCUT2D eigenvalue weighted by molar-refractivity contribution is 7.80. The Morgan fingerprint density at radius 1 is 1.32 bits per heavy atom. The molecule has 0 heterocycles. The number of methoxy groups -OCH3 is 1. The van der Waals surface area contributed by atoms with Crippen LogP contribution in [0, 0.1) is 0 Å². The normalized spacial score (nSPS) is 10.2. The Bertz CT molecular complexity index is 524. The number of nitrogens with two attached hydrogens (primary N) is 2.